The van der Waals surface area contributed by atoms with Gasteiger partial charge < -0.3 is 10.4 Å². The maximum atomic E-state index is 13.1. The molecule has 0 unspecified atom stereocenters. The lowest BCUT2D eigenvalue weighted by molar-refractivity contribution is -0.118. The van der Waals surface area contributed by atoms with Crippen LogP contribution in [0.15, 0.2) is 53.6 Å². The number of aromatic nitrogens is 1. The predicted molar refractivity (Wildman–Crippen MR) is 99.8 cm³/mol. The molecule has 1 heterocycles. The van der Waals surface area contributed by atoms with Crippen molar-refractivity contribution in [1.29, 1.82) is 0 Å². The molecule has 7 heteroatoms. The molecule has 0 fully saturated rings. The molecular weight excluding hydrogens is 352 g/mol. The van der Waals surface area contributed by atoms with Crippen molar-refractivity contribution in [3.63, 3.8) is 0 Å². The zero-order chi connectivity index (χ0) is 18.9. The Labute approximate surface area is 152 Å². The number of phenolic OH excluding ortho intramolecular Hbond substituents is 1. The number of hydrogen-bond donors (Lipinski definition) is 2. The van der Waals surface area contributed by atoms with Crippen LogP contribution in [0.4, 0.5) is 0 Å². The number of aromatic hydroxyl groups is 1. The van der Waals surface area contributed by atoms with E-state index in [2.05, 4.69) is 5.32 Å². The van der Waals surface area contributed by atoms with Crippen LogP contribution in [0.2, 0.25) is 0 Å². The zero-order valence-electron chi connectivity index (χ0n) is 14.6. The second-order valence-electron chi connectivity index (χ2n) is 6.20. The number of hydrogen-bond acceptors (Lipinski definition) is 4. The summed E-state index contributed by atoms with van der Waals surface area (Å²) in [6, 6.07) is 11.2. The van der Waals surface area contributed by atoms with E-state index in [1.807, 2.05) is 6.92 Å². The van der Waals surface area contributed by atoms with E-state index >= 15 is 0 Å². The average Bonchev–Trinajstić information content (AvgIpc) is 2.94. The van der Waals surface area contributed by atoms with Crippen LogP contribution >= 0.6 is 0 Å². The highest BCUT2D eigenvalue weighted by Crippen LogP contribution is 2.29. The lowest BCUT2D eigenvalue weighted by atomic mass is 10.1. The molecule has 1 aromatic heterocycles. The molecule has 0 aliphatic rings. The van der Waals surface area contributed by atoms with Gasteiger partial charge in [0.25, 0.3) is 10.0 Å². The van der Waals surface area contributed by atoms with Gasteiger partial charge in [0, 0.05) is 25.1 Å². The first-order valence-corrected chi connectivity index (χ1v) is 9.62. The number of rotatable bonds is 5. The normalized spacial score (nSPS) is 11.6. The van der Waals surface area contributed by atoms with Crippen LogP contribution in [0.5, 0.6) is 5.75 Å². The minimum atomic E-state index is -3.77. The van der Waals surface area contributed by atoms with Gasteiger partial charge in [-0.3, -0.25) is 4.79 Å². The molecule has 2 aromatic carbocycles. The van der Waals surface area contributed by atoms with Crippen molar-refractivity contribution in [2.45, 2.75) is 25.2 Å². The Morgan fingerprint density at radius 1 is 1.15 bits per heavy atom. The van der Waals surface area contributed by atoms with Crippen LogP contribution in [0.3, 0.4) is 0 Å². The standard InChI is InChI=1S/C19H20N2O4S/c1-13-3-6-17(7-4-13)26(24,25)21-12-15(9-10-20-14(2)22)18-11-16(23)5-8-19(18)21/h3-8,11-12,23H,9-10H2,1-2H3,(H,20,22). The van der Waals surface area contributed by atoms with Crippen molar-refractivity contribution in [3.8, 4) is 5.75 Å². The summed E-state index contributed by atoms with van der Waals surface area (Å²) in [7, 11) is -3.77. The molecule has 0 saturated carbocycles. The van der Waals surface area contributed by atoms with Crippen LogP contribution in [-0.4, -0.2) is 29.9 Å². The fraction of sp³-hybridized carbons (Fsp3) is 0.211. The van der Waals surface area contributed by atoms with Crippen molar-refractivity contribution in [3.05, 3.63) is 59.8 Å². The minimum absolute atomic E-state index is 0.0590. The molecule has 0 aliphatic heterocycles. The maximum absolute atomic E-state index is 13.1. The third-order valence-electron chi connectivity index (χ3n) is 4.18. The Bertz CT molecular complexity index is 1070. The summed E-state index contributed by atoms with van der Waals surface area (Å²) in [6.45, 7) is 3.70. The highest BCUT2D eigenvalue weighted by atomic mass is 32.2. The summed E-state index contributed by atoms with van der Waals surface area (Å²) < 4.78 is 27.4. The Hall–Kier alpha value is -2.80. The Balaban J connectivity index is 2.10. The van der Waals surface area contributed by atoms with E-state index in [0.717, 1.165) is 11.1 Å². The maximum Gasteiger partial charge on any atom is 0.268 e. The lowest BCUT2D eigenvalue weighted by Gasteiger charge is -2.08. The number of aryl methyl sites for hydroxylation is 1. The van der Waals surface area contributed by atoms with E-state index in [-0.39, 0.29) is 16.6 Å². The number of benzene rings is 2. The first-order chi connectivity index (χ1) is 12.3. The lowest BCUT2D eigenvalue weighted by Crippen LogP contribution is -2.22. The number of nitrogens with zero attached hydrogens (tertiary/aromatic N) is 1. The molecule has 136 valence electrons. The molecule has 0 aliphatic carbocycles. The van der Waals surface area contributed by atoms with Gasteiger partial charge in [0.15, 0.2) is 0 Å². The van der Waals surface area contributed by atoms with Gasteiger partial charge in [-0.15, -0.1) is 0 Å². The topological polar surface area (TPSA) is 88.4 Å². The molecule has 1 amide bonds. The summed E-state index contributed by atoms with van der Waals surface area (Å²) in [5.74, 6) is -0.0902. The molecule has 0 saturated heterocycles. The quantitative estimate of drug-likeness (QED) is 0.720. The van der Waals surface area contributed by atoms with Gasteiger partial charge in [-0.05, 0) is 49.2 Å². The van der Waals surface area contributed by atoms with Crippen LogP contribution in [0, 0.1) is 6.92 Å². The summed E-state index contributed by atoms with van der Waals surface area (Å²) in [5.41, 5.74) is 2.20. The van der Waals surface area contributed by atoms with Crippen molar-refractivity contribution in [1.82, 2.24) is 9.29 Å². The summed E-state index contributed by atoms with van der Waals surface area (Å²) in [5, 5.41) is 13.1. The highest BCUT2D eigenvalue weighted by molar-refractivity contribution is 7.90. The van der Waals surface area contributed by atoms with Gasteiger partial charge in [0.1, 0.15) is 5.75 Å². The third-order valence-corrected chi connectivity index (χ3v) is 5.87. The molecule has 26 heavy (non-hydrogen) atoms. The molecule has 0 atom stereocenters. The number of amides is 1. The number of phenols is 1. The van der Waals surface area contributed by atoms with Crippen LogP contribution < -0.4 is 5.32 Å². The number of carbonyl (C=O) groups is 1. The molecule has 3 aromatic rings. The van der Waals surface area contributed by atoms with Crippen molar-refractivity contribution < 1.29 is 18.3 Å². The monoisotopic (exact) mass is 372 g/mol. The fourth-order valence-corrected chi connectivity index (χ4v) is 4.24. The van der Waals surface area contributed by atoms with Crippen LogP contribution in [-0.2, 0) is 21.2 Å². The Morgan fingerprint density at radius 3 is 2.50 bits per heavy atom. The summed E-state index contributed by atoms with van der Waals surface area (Å²) >= 11 is 0. The molecule has 0 spiro atoms. The highest BCUT2D eigenvalue weighted by Gasteiger charge is 2.21. The molecular formula is C19H20N2O4S. The minimum Gasteiger partial charge on any atom is -0.508 e. The SMILES string of the molecule is CC(=O)NCCc1cn(S(=O)(=O)c2ccc(C)cc2)c2ccc(O)cc12. The second-order valence-corrected chi connectivity index (χ2v) is 8.02. The molecule has 0 radical (unpaired) electrons. The van der Waals surface area contributed by atoms with Gasteiger partial charge in [0.2, 0.25) is 5.91 Å². The van der Waals surface area contributed by atoms with Crippen molar-refractivity contribution >= 4 is 26.8 Å². The fourth-order valence-electron chi connectivity index (χ4n) is 2.85. The molecule has 2 N–H and O–H groups in total. The van der Waals surface area contributed by atoms with Crippen molar-refractivity contribution in [2.24, 2.45) is 0 Å². The van der Waals surface area contributed by atoms with Gasteiger partial charge in [-0.25, -0.2) is 12.4 Å². The van der Waals surface area contributed by atoms with Gasteiger partial charge in [-0.2, -0.15) is 0 Å². The first kappa shape index (κ1) is 18.0. The summed E-state index contributed by atoms with van der Waals surface area (Å²) in [4.78, 5) is 11.3. The predicted octanol–water partition coefficient (Wildman–Crippen LogP) is 2.57. The van der Waals surface area contributed by atoms with E-state index in [0.29, 0.717) is 23.9 Å². The second kappa shape index (κ2) is 6.84. The van der Waals surface area contributed by atoms with E-state index in [1.54, 1.807) is 42.6 Å². The van der Waals surface area contributed by atoms with E-state index < -0.39 is 10.0 Å². The summed E-state index contributed by atoms with van der Waals surface area (Å²) in [6.07, 6.45) is 2.01. The number of carbonyl (C=O) groups excluding carboxylic acids is 1. The van der Waals surface area contributed by atoms with E-state index in [9.17, 15) is 18.3 Å². The van der Waals surface area contributed by atoms with E-state index in [1.165, 1.54) is 17.0 Å². The van der Waals surface area contributed by atoms with E-state index in [4.69, 9.17) is 0 Å². The van der Waals surface area contributed by atoms with Gasteiger partial charge >= 0.3 is 0 Å². The average molecular weight is 372 g/mol. The molecule has 6 nitrogen and oxygen atoms in total. The van der Waals surface area contributed by atoms with Gasteiger partial charge in [-0.1, -0.05) is 17.7 Å². The Morgan fingerprint density at radius 2 is 1.85 bits per heavy atom. The van der Waals surface area contributed by atoms with Crippen LogP contribution in [0.1, 0.15) is 18.1 Å². The van der Waals surface area contributed by atoms with Crippen LogP contribution in [0.25, 0.3) is 10.9 Å². The largest absolute Gasteiger partial charge is 0.508 e. The number of fused-ring (bicyclic) bond motifs is 1. The van der Waals surface area contributed by atoms with Crippen molar-refractivity contribution in [2.75, 3.05) is 6.54 Å². The van der Waals surface area contributed by atoms with Gasteiger partial charge in [0.05, 0.1) is 10.4 Å². The third kappa shape index (κ3) is 3.43. The molecule has 3 rings (SSSR count). The first-order valence-electron chi connectivity index (χ1n) is 8.18. The Kier molecular flexibility index (Phi) is 4.73. The zero-order valence-corrected chi connectivity index (χ0v) is 15.4. The molecule has 0 bridgehead atoms. The number of nitrogens with one attached hydrogen (secondary N) is 1. The smallest absolute Gasteiger partial charge is 0.268 e.